The van der Waals surface area contributed by atoms with Gasteiger partial charge in [0, 0.05) is 5.57 Å². The van der Waals surface area contributed by atoms with E-state index in [-0.39, 0.29) is 12.5 Å². The van der Waals surface area contributed by atoms with Gasteiger partial charge < -0.3 is 14.9 Å². The molecule has 0 saturated carbocycles. The van der Waals surface area contributed by atoms with Crippen LogP contribution >= 0.6 is 0 Å². The van der Waals surface area contributed by atoms with Crippen molar-refractivity contribution in [2.24, 2.45) is 0 Å². The van der Waals surface area contributed by atoms with E-state index < -0.39 is 5.97 Å². The maximum atomic E-state index is 11.4. The Kier molecular flexibility index (Phi) is 5.60. The molecule has 0 aliphatic carbocycles. The molecule has 1 amide bonds. The van der Waals surface area contributed by atoms with Crippen LogP contribution in [0.3, 0.4) is 0 Å². The summed E-state index contributed by atoms with van der Waals surface area (Å²) in [5, 5.41) is 19.4. The van der Waals surface area contributed by atoms with Crippen LogP contribution in [0.5, 0.6) is 0 Å². The van der Waals surface area contributed by atoms with Crippen LogP contribution in [0.25, 0.3) is 0 Å². The highest BCUT2D eigenvalue weighted by molar-refractivity contribution is 5.91. The van der Waals surface area contributed by atoms with Crippen molar-refractivity contribution in [1.82, 2.24) is 20.3 Å². The fourth-order valence-corrected chi connectivity index (χ4v) is 1.67. The SMILES string of the molecule is C=C(C)C(=O)NCc1cn(CC[N+](C)(C)CC(=O)O)nn1. The van der Waals surface area contributed by atoms with Gasteiger partial charge in [-0.25, -0.2) is 9.48 Å². The number of nitrogens with zero attached hydrogens (tertiary/aromatic N) is 4. The number of carbonyl (C=O) groups is 2. The second-order valence-electron chi connectivity index (χ2n) is 5.65. The summed E-state index contributed by atoms with van der Waals surface area (Å²) in [6.07, 6.45) is 1.74. The highest BCUT2D eigenvalue weighted by Gasteiger charge is 2.19. The number of carbonyl (C=O) groups excluding carboxylic acids is 1. The zero-order valence-electron chi connectivity index (χ0n) is 12.7. The Hall–Kier alpha value is -2.22. The van der Waals surface area contributed by atoms with Gasteiger partial charge in [-0.3, -0.25) is 4.79 Å². The van der Waals surface area contributed by atoms with E-state index in [0.29, 0.717) is 35.4 Å². The minimum atomic E-state index is -0.832. The Balaban J connectivity index is 2.47. The van der Waals surface area contributed by atoms with Crippen LogP contribution in [0.15, 0.2) is 18.3 Å². The van der Waals surface area contributed by atoms with Crippen molar-refractivity contribution in [2.75, 3.05) is 27.2 Å². The van der Waals surface area contributed by atoms with E-state index in [4.69, 9.17) is 5.11 Å². The van der Waals surface area contributed by atoms with Gasteiger partial charge in [0.15, 0.2) is 6.54 Å². The zero-order chi connectivity index (χ0) is 16.0. The molecule has 0 aliphatic rings. The van der Waals surface area contributed by atoms with Crippen LogP contribution < -0.4 is 5.32 Å². The van der Waals surface area contributed by atoms with Crippen molar-refractivity contribution < 1.29 is 19.2 Å². The third-order valence-electron chi connectivity index (χ3n) is 2.90. The second kappa shape index (κ2) is 6.98. The predicted octanol–water partition coefficient (Wildman–Crippen LogP) is -0.369. The van der Waals surface area contributed by atoms with Gasteiger partial charge in [-0.15, -0.1) is 5.10 Å². The van der Waals surface area contributed by atoms with Crippen LogP contribution in [0.1, 0.15) is 12.6 Å². The van der Waals surface area contributed by atoms with Crippen molar-refractivity contribution in [3.8, 4) is 0 Å². The van der Waals surface area contributed by atoms with Crippen LogP contribution in [-0.2, 0) is 22.7 Å². The molecule has 0 unspecified atom stereocenters. The molecule has 1 heterocycles. The Labute approximate surface area is 123 Å². The third-order valence-corrected chi connectivity index (χ3v) is 2.90. The standard InChI is InChI=1S/C13H21N5O3/c1-10(2)13(21)14-7-11-8-17(16-15-11)5-6-18(3,4)9-12(19)20/h8H,1,5-7,9H2,2-4H3,(H-,14,19,20,21)/p+1. The number of rotatable bonds is 8. The van der Waals surface area contributed by atoms with E-state index in [0.717, 1.165) is 0 Å². The van der Waals surface area contributed by atoms with Crippen LogP contribution in [0, 0.1) is 0 Å². The van der Waals surface area contributed by atoms with Crippen molar-refractivity contribution in [3.63, 3.8) is 0 Å². The molecule has 116 valence electrons. The summed E-state index contributed by atoms with van der Waals surface area (Å²) in [7, 11) is 3.69. The molecule has 8 heteroatoms. The van der Waals surface area contributed by atoms with Crippen LogP contribution in [0.4, 0.5) is 0 Å². The number of quaternary nitrogens is 1. The number of carboxylic acid groups (broad SMARTS) is 1. The lowest BCUT2D eigenvalue weighted by atomic mass is 10.3. The van der Waals surface area contributed by atoms with Gasteiger partial charge in [0.1, 0.15) is 5.69 Å². The van der Waals surface area contributed by atoms with E-state index >= 15 is 0 Å². The van der Waals surface area contributed by atoms with Gasteiger partial charge in [-0.05, 0) is 6.92 Å². The number of hydrogen-bond acceptors (Lipinski definition) is 4. The summed E-state index contributed by atoms with van der Waals surface area (Å²) in [6.45, 7) is 6.70. The molecule has 0 fully saturated rings. The molecule has 1 aromatic heterocycles. The summed E-state index contributed by atoms with van der Waals surface area (Å²) < 4.78 is 2.00. The number of carboxylic acids is 1. The first kappa shape index (κ1) is 16.8. The Morgan fingerprint density at radius 2 is 2.14 bits per heavy atom. The first-order chi connectivity index (χ1) is 9.69. The fourth-order valence-electron chi connectivity index (χ4n) is 1.67. The Bertz CT molecular complexity index is 536. The largest absolute Gasteiger partial charge is 0.477 e. The monoisotopic (exact) mass is 296 g/mol. The van der Waals surface area contributed by atoms with Crippen molar-refractivity contribution in [1.29, 1.82) is 0 Å². The average molecular weight is 296 g/mol. The molecule has 1 aromatic rings. The Morgan fingerprint density at radius 1 is 1.48 bits per heavy atom. The highest BCUT2D eigenvalue weighted by atomic mass is 16.4. The normalized spacial score (nSPS) is 11.2. The fraction of sp³-hybridized carbons (Fsp3) is 0.538. The summed E-state index contributed by atoms with van der Waals surface area (Å²) in [5.74, 6) is -1.05. The van der Waals surface area contributed by atoms with Crippen LogP contribution in [-0.4, -0.2) is 63.6 Å². The quantitative estimate of drug-likeness (QED) is 0.504. The molecule has 0 aromatic carbocycles. The topological polar surface area (TPSA) is 97.1 Å². The van der Waals surface area contributed by atoms with Gasteiger partial charge in [-0.2, -0.15) is 0 Å². The first-order valence-electron chi connectivity index (χ1n) is 6.56. The lowest BCUT2D eigenvalue weighted by Gasteiger charge is -2.27. The van der Waals surface area contributed by atoms with Crippen molar-refractivity contribution >= 4 is 11.9 Å². The molecule has 8 nitrogen and oxygen atoms in total. The van der Waals surface area contributed by atoms with E-state index in [2.05, 4.69) is 22.2 Å². The molecule has 21 heavy (non-hydrogen) atoms. The van der Waals surface area contributed by atoms with Crippen LogP contribution in [0.2, 0.25) is 0 Å². The lowest BCUT2D eigenvalue weighted by molar-refractivity contribution is -0.883. The number of likely N-dealkylation sites (N-methyl/N-ethyl adjacent to an activating group) is 1. The second-order valence-corrected chi connectivity index (χ2v) is 5.65. The molecule has 0 bridgehead atoms. The van der Waals surface area contributed by atoms with Gasteiger partial charge in [0.2, 0.25) is 5.91 Å². The first-order valence-corrected chi connectivity index (χ1v) is 6.56. The Morgan fingerprint density at radius 3 is 2.71 bits per heavy atom. The molecule has 0 radical (unpaired) electrons. The number of amides is 1. The molecule has 0 aliphatic heterocycles. The van der Waals surface area contributed by atoms with Gasteiger partial charge in [-0.1, -0.05) is 11.8 Å². The summed E-state index contributed by atoms with van der Waals surface area (Å²) in [4.78, 5) is 22.1. The number of aromatic nitrogens is 3. The minimum absolute atomic E-state index is 0.0518. The van der Waals surface area contributed by atoms with Gasteiger partial charge in [0.05, 0.1) is 39.9 Å². The molecule has 2 N–H and O–H groups in total. The van der Waals surface area contributed by atoms with E-state index in [1.165, 1.54) is 0 Å². The average Bonchev–Trinajstić information content (AvgIpc) is 2.80. The van der Waals surface area contributed by atoms with E-state index in [9.17, 15) is 9.59 Å². The smallest absolute Gasteiger partial charge is 0.359 e. The summed E-state index contributed by atoms with van der Waals surface area (Å²) in [6, 6.07) is 0. The van der Waals surface area contributed by atoms with E-state index in [1.54, 1.807) is 17.8 Å². The van der Waals surface area contributed by atoms with E-state index in [1.807, 2.05) is 14.1 Å². The molecule has 0 atom stereocenters. The minimum Gasteiger partial charge on any atom is -0.477 e. The van der Waals surface area contributed by atoms with Crippen molar-refractivity contribution in [2.45, 2.75) is 20.0 Å². The number of hydrogen-bond donors (Lipinski definition) is 2. The summed E-state index contributed by atoms with van der Waals surface area (Å²) in [5.41, 5.74) is 1.09. The maximum Gasteiger partial charge on any atom is 0.359 e. The van der Waals surface area contributed by atoms with Gasteiger partial charge in [0.25, 0.3) is 0 Å². The third kappa shape index (κ3) is 6.17. The molecular weight excluding hydrogens is 274 g/mol. The van der Waals surface area contributed by atoms with Gasteiger partial charge >= 0.3 is 5.97 Å². The molecule has 0 saturated heterocycles. The lowest BCUT2D eigenvalue weighted by Crippen LogP contribution is -2.45. The maximum absolute atomic E-state index is 11.4. The molecule has 0 spiro atoms. The number of nitrogens with one attached hydrogen (secondary N) is 1. The highest BCUT2D eigenvalue weighted by Crippen LogP contribution is 2.00. The summed E-state index contributed by atoms with van der Waals surface area (Å²) >= 11 is 0. The number of aliphatic carboxylic acids is 1. The zero-order valence-corrected chi connectivity index (χ0v) is 12.7. The predicted molar refractivity (Wildman–Crippen MR) is 76.2 cm³/mol. The molecular formula is C13H22N5O3+. The molecule has 1 rings (SSSR count). The van der Waals surface area contributed by atoms with Crippen molar-refractivity contribution in [3.05, 3.63) is 24.0 Å².